The average Bonchev–Trinajstić information content (AvgIpc) is 3.04. The summed E-state index contributed by atoms with van der Waals surface area (Å²) in [6.45, 7) is 4.40. The van der Waals surface area contributed by atoms with E-state index in [0.29, 0.717) is 29.3 Å². The first-order valence-electron chi connectivity index (χ1n) is 11.7. The van der Waals surface area contributed by atoms with E-state index in [1.807, 2.05) is 74.5 Å². The Hall–Kier alpha value is -3.26. The first-order chi connectivity index (χ1) is 17.3. The van der Waals surface area contributed by atoms with Gasteiger partial charge in [-0.3, -0.25) is 14.1 Å². The van der Waals surface area contributed by atoms with Crippen LogP contribution in [-0.2, 0) is 11.2 Å². The number of nitrogens with one attached hydrogen (secondary N) is 1. The summed E-state index contributed by atoms with van der Waals surface area (Å²) in [5, 5.41) is 5.68. The molecule has 8 heteroatoms. The number of nitrogens with zero attached hydrogens (tertiary/aromatic N) is 3. The lowest BCUT2D eigenvalue weighted by Gasteiger charge is -2.25. The number of hydrogen-bond donors (Lipinski definition) is 1. The quantitative estimate of drug-likeness (QED) is 0.432. The van der Waals surface area contributed by atoms with Crippen molar-refractivity contribution in [3.8, 4) is 0 Å². The van der Waals surface area contributed by atoms with Gasteiger partial charge in [0.25, 0.3) is 5.91 Å². The first kappa shape index (κ1) is 25.8. The van der Waals surface area contributed by atoms with Crippen molar-refractivity contribution in [1.29, 1.82) is 0 Å². The standard InChI is InChI=1S/C28H29ClN4O2S/c1-5-33(36(35)32(3)4)22-13-14-23(19(2)17-22)28(34)31-21-10-8-12-26(29)25(18-21)27-24-11-7-6-9-20(24)15-16-30-27/h6-7,9-18H,5,8H2,1-4H3,(H,31,34). The zero-order valence-electron chi connectivity index (χ0n) is 20.8. The maximum atomic E-state index is 13.2. The number of halogens is 1. The van der Waals surface area contributed by atoms with E-state index in [4.69, 9.17) is 11.6 Å². The summed E-state index contributed by atoms with van der Waals surface area (Å²) in [5.74, 6) is -0.221. The van der Waals surface area contributed by atoms with Gasteiger partial charge in [0.15, 0.2) is 11.2 Å². The second-order valence-electron chi connectivity index (χ2n) is 8.58. The molecule has 3 aromatic rings. The van der Waals surface area contributed by atoms with Gasteiger partial charge in [-0.05, 0) is 61.6 Å². The Bertz CT molecular complexity index is 1420. The van der Waals surface area contributed by atoms with Crippen LogP contribution in [0.15, 0.2) is 83.7 Å². The number of rotatable bonds is 7. The third kappa shape index (κ3) is 5.43. The van der Waals surface area contributed by atoms with Crippen LogP contribution in [0, 0.1) is 6.92 Å². The lowest BCUT2D eigenvalue weighted by Crippen LogP contribution is -2.34. The lowest BCUT2D eigenvalue weighted by molar-refractivity contribution is 0.0966. The maximum Gasteiger partial charge on any atom is 0.255 e. The molecule has 1 aliphatic rings. The largest absolute Gasteiger partial charge is 0.322 e. The molecule has 1 unspecified atom stereocenters. The normalized spacial score (nSPS) is 14.6. The Morgan fingerprint density at radius 3 is 2.64 bits per heavy atom. The van der Waals surface area contributed by atoms with Crippen molar-refractivity contribution in [2.24, 2.45) is 0 Å². The summed E-state index contributed by atoms with van der Waals surface area (Å²) < 4.78 is 16.0. The van der Waals surface area contributed by atoms with E-state index in [9.17, 15) is 9.00 Å². The molecule has 1 amide bonds. The van der Waals surface area contributed by atoms with Crippen LogP contribution in [0.3, 0.4) is 0 Å². The van der Waals surface area contributed by atoms with E-state index in [-0.39, 0.29) is 5.91 Å². The molecule has 1 heterocycles. The number of hydrogen-bond acceptors (Lipinski definition) is 3. The van der Waals surface area contributed by atoms with Gasteiger partial charge in [0.2, 0.25) is 0 Å². The highest BCUT2D eigenvalue weighted by atomic mass is 35.5. The van der Waals surface area contributed by atoms with Gasteiger partial charge in [-0.2, -0.15) is 0 Å². The van der Waals surface area contributed by atoms with Gasteiger partial charge in [-0.1, -0.05) is 48.0 Å². The number of fused-ring (bicyclic) bond motifs is 1. The van der Waals surface area contributed by atoms with Crippen LogP contribution in [0.2, 0.25) is 0 Å². The van der Waals surface area contributed by atoms with E-state index in [1.54, 1.807) is 35.0 Å². The summed E-state index contributed by atoms with van der Waals surface area (Å²) in [6.07, 6.45) is 8.07. The molecular formula is C28H29ClN4O2S. The van der Waals surface area contributed by atoms with Gasteiger partial charge in [0.05, 0.1) is 11.4 Å². The van der Waals surface area contributed by atoms with Crippen LogP contribution < -0.4 is 9.62 Å². The minimum absolute atomic E-state index is 0.221. The van der Waals surface area contributed by atoms with Gasteiger partial charge in [-0.15, -0.1) is 0 Å². The number of aromatic nitrogens is 1. The Labute approximate surface area is 219 Å². The Kier molecular flexibility index (Phi) is 8.04. The molecule has 36 heavy (non-hydrogen) atoms. The molecule has 0 spiro atoms. The lowest BCUT2D eigenvalue weighted by atomic mass is 10.0. The van der Waals surface area contributed by atoms with Gasteiger partial charge in [0.1, 0.15) is 0 Å². The van der Waals surface area contributed by atoms with Crippen molar-refractivity contribution in [2.45, 2.75) is 20.3 Å². The second kappa shape index (κ2) is 11.2. The van der Waals surface area contributed by atoms with Crippen molar-refractivity contribution in [2.75, 3.05) is 24.9 Å². The molecule has 0 aliphatic heterocycles. The monoisotopic (exact) mass is 520 g/mol. The highest BCUT2D eigenvalue weighted by Crippen LogP contribution is 2.33. The number of carbonyl (C=O) groups is 1. The molecule has 0 saturated carbocycles. The zero-order chi connectivity index (χ0) is 25.8. The number of aryl methyl sites for hydroxylation is 1. The fourth-order valence-electron chi connectivity index (χ4n) is 4.12. The van der Waals surface area contributed by atoms with E-state index in [2.05, 4.69) is 10.3 Å². The van der Waals surface area contributed by atoms with Crippen LogP contribution in [0.25, 0.3) is 16.3 Å². The molecular weight excluding hydrogens is 492 g/mol. The topological polar surface area (TPSA) is 65.5 Å². The highest BCUT2D eigenvalue weighted by Gasteiger charge is 2.19. The van der Waals surface area contributed by atoms with Crippen LogP contribution in [-0.4, -0.2) is 40.0 Å². The van der Waals surface area contributed by atoms with Gasteiger partial charge < -0.3 is 5.32 Å². The van der Waals surface area contributed by atoms with Crippen LogP contribution in [0.5, 0.6) is 0 Å². The molecule has 1 aliphatic carbocycles. The van der Waals surface area contributed by atoms with Crippen molar-refractivity contribution < 1.29 is 9.00 Å². The third-order valence-corrected chi connectivity index (χ3v) is 7.74. The molecule has 1 atom stereocenters. The molecule has 4 rings (SSSR count). The molecule has 6 nitrogen and oxygen atoms in total. The molecule has 0 fully saturated rings. The predicted molar refractivity (Wildman–Crippen MR) is 150 cm³/mol. The third-order valence-electron chi connectivity index (χ3n) is 5.91. The van der Waals surface area contributed by atoms with E-state index in [1.165, 1.54) is 0 Å². The summed E-state index contributed by atoms with van der Waals surface area (Å²) >= 11 is 5.34. The smallest absolute Gasteiger partial charge is 0.255 e. The molecule has 2 aromatic carbocycles. The second-order valence-corrected chi connectivity index (χ2v) is 10.6. The summed E-state index contributed by atoms with van der Waals surface area (Å²) in [6, 6.07) is 15.5. The predicted octanol–water partition coefficient (Wildman–Crippen LogP) is 5.73. The first-order valence-corrected chi connectivity index (χ1v) is 13.1. The van der Waals surface area contributed by atoms with Crippen LogP contribution >= 0.6 is 11.6 Å². The van der Waals surface area contributed by atoms with E-state index < -0.39 is 11.2 Å². The maximum absolute atomic E-state index is 13.2. The Morgan fingerprint density at radius 1 is 1.14 bits per heavy atom. The molecule has 1 aromatic heterocycles. The number of anilines is 1. The van der Waals surface area contributed by atoms with Crippen LogP contribution in [0.1, 0.15) is 35.0 Å². The number of pyridine rings is 1. The molecule has 0 radical (unpaired) electrons. The van der Waals surface area contributed by atoms with Gasteiger partial charge in [0, 0.05) is 54.1 Å². The summed E-state index contributed by atoms with van der Waals surface area (Å²) in [4.78, 5) is 17.9. The van der Waals surface area contributed by atoms with Crippen LogP contribution in [0.4, 0.5) is 5.69 Å². The van der Waals surface area contributed by atoms with Crippen molar-refractivity contribution >= 4 is 50.7 Å². The SMILES string of the molecule is CCN(c1ccc(C(=O)NC2=CCC=C(Cl)C(c3nccc4ccccc34)=C2)c(C)c1)S(=O)N(C)C. The number of benzene rings is 2. The number of allylic oxidation sites excluding steroid dienone is 5. The molecule has 0 bridgehead atoms. The van der Waals surface area contributed by atoms with Gasteiger partial charge in [-0.25, -0.2) is 8.51 Å². The zero-order valence-corrected chi connectivity index (χ0v) is 22.4. The molecule has 1 N–H and O–H groups in total. The van der Waals surface area contributed by atoms with E-state index in [0.717, 1.165) is 33.3 Å². The molecule has 0 saturated heterocycles. The Balaban J connectivity index is 1.62. The number of amides is 1. The van der Waals surface area contributed by atoms with Crippen molar-refractivity contribution in [1.82, 2.24) is 14.6 Å². The van der Waals surface area contributed by atoms with E-state index >= 15 is 0 Å². The molecule has 186 valence electrons. The van der Waals surface area contributed by atoms with Gasteiger partial charge >= 0.3 is 0 Å². The van der Waals surface area contributed by atoms with Crippen molar-refractivity contribution in [3.05, 3.63) is 101 Å². The number of carbonyl (C=O) groups excluding carboxylic acids is 1. The fourth-order valence-corrected chi connectivity index (χ4v) is 5.26. The summed E-state index contributed by atoms with van der Waals surface area (Å²) in [7, 11) is 3.54. The average molecular weight is 521 g/mol. The minimum atomic E-state index is -1.30. The fraction of sp³-hybridized carbons (Fsp3) is 0.214. The summed E-state index contributed by atoms with van der Waals surface area (Å²) in [5.41, 5.74) is 4.33. The highest BCUT2D eigenvalue weighted by molar-refractivity contribution is 7.84. The van der Waals surface area contributed by atoms with Crippen molar-refractivity contribution in [3.63, 3.8) is 0 Å². The minimum Gasteiger partial charge on any atom is -0.322 e. The Morgan fingerprint density at radius 2 is 1.92 bits per heavy atom.